The fourth-order valence-electron chi connectivity index (χ4n) is 1.91. The van der Waals surface area contributed by atoms with Crippen LogP contribution >= 0.6 is 0 Å². The van der Waals surface area contributed by atoms with Crippen LogP contribution in [-0.4, -0.2) is 29.6 Å². The topological polar surface area (TPSA) is 63.2 Å². The van der Waals surface area contributed by atoms with Gasteiger partial charge in [0.2, 0.25) is 0 Å². The van der Waals surface area contributed by atoms with Crippen molar-refractivity contribution in [2.75, 3.05) is 6.54 Å². The van der Waals surface area contributed by atoms with Crippen LogP contribution in [0.3, 0.4) is 0 Å². The predicted octanol–water partition coefficient (Wildman–Crippen LogP) is 2.26. The third-order valence-corrected chi connectivity index (χ3v) is 3.37. The molecule has 1 aromatic rings. The molecule has 1 rings (SSSR count). The van der Waals surface area contributed by atoms with Crippen molar-refractivity contribution in [1.29, 1.82) is 0 Å². The van der Waals surface area contributed by atoms with Gasteiger partial charge in [-0.25, -0.2) is 0 Å². The van der Waals surface area contributed by atoms with Gasteiger partial charge in [0.05, 0.1) is 11.9 Å². The Morgan fingerprint density at radius 1 is 1.29 bits per heavy atom. The largest absolute Gasteiger partial charge is 0.479 e. The van der Waals surface area contributed by atoms with Gasteiger partial charge in [-0.2, -0.15) is 0 Å². The van der Waals surface area contributed by atoms with E-state index < -0.39 is 6.10 Å². The fourth-order valence-corrected chi connectivity index (χ4v) is 1.91. The number of carbonyl (C=O) groups is 1. The molecule has 1 amide bonds. The Hall–Kier alpha value is -1.62. The summed E-state index contributed by atoms with van der Waals surface area (Å²) in [7, 11) is 0. The molecule has 5 heteroatoms. The van der Waals surface area contributed by atoms with E-state index in [0.717, 1.165) is 31.6 Å². The molecule has 21 heavy (non-hydrogen) atoms. The Morgan fingerprint density at radius 2 is 2.00 bits per heavy atom. The lowest BCUT2D eigenvalue weighted by molar-refractivity contribution is -0.128. The number of aromatic nitrogens is 1. The molecule has 0 fully saturated rings. The van der Waals surface area contributed by atoms with Crippen molar-refractivity contribution < 1.29 is 9.53 Å². The standard InChI is InChI=1S/C16H27N3O2/c1-5-13(6-2)19-16(20)12(4)21-15-9-8-14(18-11-15)10-17-7-3/h8-9,11-13,17H,5-7,10H2,1-4H3,(H,19,20). The highest BCUT2D eigenvalue weighted by atomic mass is 16.5. The molecule has 1 atom stereocenters. The van der Waals surface area contributed by atoms with Gasteiger partial charge in [-0.05, 0) is 38.4 Å². The van der Waals surface area contributed by atoms with Gasteiger partial charge < -0.3 is 15.4 Å². The number of amides is 1. The van der Waals surface area contributed by atoms with Gasteiger partial charge in [0, 0.05) is 12.6 Å². The molecule has 0 aliphatic rings. The highest BCUT2D eigenvalue weighted by molar-refractivity contribution is 5.80. The van der Waals surface area contributed by atoms with E-state index in [1.165, 1.54) is 0 Å². The lowest BCUT2D eigenvalue weighted by atomic mass is 10.1. The molecule has 0 bridgehead atoms. The number of carbonyl (C=O) groups excluding carboxylic acids is 1. The van der Waals surface area contributed by atoms with E-state index in [2.05, 4.69) is 36.4 Å². The quantitative estimate of drug-likeness (QED) is 0.733. The molecule has 0 aliphatic carbocycles. The first-order chi connectivity index (χ1) is 10.1. The first-order valence-electron chi connectivity index (χ1n) is 7.73. The first-order valence-corrected chi connectivity index (χ1v) is 7.73. The smallest absolute Gasteiger partial charge is 0.260 e. The van der Waals surface area contributed by atoms with Gasteiger partial charge in [-0.1, -0.05) is 20.8 Å². The van der Waals surface area contributed by atoms with Crippen molar-refractivity contribution in [3.8, 4) is 5.75 Å². The van der Waals surface area contributed by atoms with E-state index in [-0.39, 0.29) is 11.9 Å². The van der Waals surface area contributed by atoms with Crippen LogP contribution in [0, 0.1) is 0 Å². The lowest BCUT2D eigenvalue weighted by Gasteiger charge is -2.19. The molecule has 0 spiro atoms. The summed E-state index contributed by atoms with van der Waals surface area (Å²) in [4.78, 5) is 16.3. The summed E-state index contributed by atoms with van der Waals surface area (Å²) in [5, 5.41) is 6.19. The summed E-state index contributed by atoms with van der Waals surface area (Å²) in [6.45, 7) is 9.58. The summed E-state index contributed by atoms with van der Waals surface area (Å²) in [6.07, 6.45) is 2.99. The molecule has 2 N–H and O–H groups in total. The Balaban J connectivity index is 2.50. The minimum Gasteiger partial charge on any atom is -0.479 e. The van der Waals surface area contributed by atoms with Gasteiger partial charge >= 0.3 is 0 Å². The lowest BCUT2D eigenvalue weighted by Crippen LogP contribution is -2.42. The third-order valence-electron chi connectivity index (χ3n) is 3.37. The molecule has 0 saturated carbocycles. The van der Waals surface area contributed by atoms with Crippen molar-refractivity contribution in [3.63, 3.8) is 0 Å². The van der Waals surface area contributed by atoms with E-state index in [1.807, 2.05) is 12.1 Å². The molecular weight excluding hydrogens is 266 g/mol. The molecule has 1 aromatic heterocycles. The molecule has 0 aromatic carbocycles. The Kier molecular flexibility index (Phi) is 7.75. The maximum atomic E-state index is 12.0. The van der Waals surface area contributed by atoms with Crippen LogP contribution in [0.25, 0.3) is 0 Å². The van der Waals surface area contributed by atoms with Gasteiger partial charge in [0.1, 0.15) is 5.75 Å². The molecule has 0 saturated heterocycles. The molecule has 0 aliphatic heterocycles. The van der Waals surface area contributed by atoms with Gasteiger partial charge in [-0.15, -0.1) is 0 Å². The second-order valence-electron chi connectivity index (χ2n) is 5.05. The van der Waals surface area contributed by atoms with E-state index >= 15 is 0 Å². The van der Waals surface area contributed by atoms with Gasteiger partial charge in [0.15, 0.2) is 6.10 Å². The Bertz CT molecular complexity index is 416. The number of ether oxygens (including phenoxy) is 1. The van der Waals surface area contributed by atoms with E-state index in [1.54, 1.807) is 13.1 Å². The third kappa shape index (κ3) is 6.12. The van der Waals surface area contributed by atoms with Crippen LogP contribution in [0.4, 0.5) is 0 Å². The first kappa shape index (κ1) is 17.4. The van der Waals surface area contributed by atoms with Gasteiger partial charge in [0.25, 0.3) is 5.91 Å². The normalized spacial score (nSPS) is 12.2. The van der Waals surface area contributed by atoms with Crippen molar-refractivity contribution in [2.45, 2.75) is 59.2 Å². The average molecular weight is 293 g/mol. The SMILES string of the molecule is CCNCc1ccc(OC(C)C(=O)NC(CC)CC)cn1. The highest BCUT2D eigenvalue weighted by Gasteiger charge is 2.17. The maximum Gasteiger partial charge on any atom is 0.260 e. The average Bonchev–Trinajstić information content (AvgIpc) is 2.51. The highest BCUT2D eigenvalue weighted by Crippen LogP contribution is 2.11. The van der Waals surface area contributed by atoms with Crippen molar-refractivity contribution >= 4 is 5.91 Å². The number of nitrogens with zero attached hydrogens (tertiary/aromatic N) is 1. The molecule has 118 valence electrons. The molecule has 0 radical (unpaired) electrons. The summed E-state index contributed by atoms with van der Waals surface area (Å²) in [6, 6.07) is 3.97. The van der Waals surface area contributed by atoms with Crippen molar-refractivity contribution in [2.24, 2.45) is 0 Å². The zero-order valence-electron chi connectivity index (χ0n) is 13.5. The van der Waals surface area contributed by atoms with E-state index in [9.17, 15) is 4.79 Å². The minimum absolute atomic E-state index is 0.0829. The van der Waals surface area contributed by atoms with Crippen molar-refractivity contribution in [1.82, 2.24) is 15.6 Å². The van der Waals surface area contributed by atoms with Crippen LogP contribution in [0.5, 0.6) is 5.75 Å². The summed E-state index contributed by atoms with van der Waals surface area (Å²) < 4.78 is 5.63. The van der Waals surface area contributed by atoms with Crippen LogP contribution in [0.15, 0.2) is 18.3 Å². The molecule has 1 heterocycles. The summed E-state index contributed by atoms with van der Waals surface area (Å²) in [5.41, 5.74) is 0.957. The van der Waals surface area contributed by atoms with Gasteiger partial charge in [-0.3, -0.25) is 9.78 Å². The Morgan fingerprint density at radius 3 is 2.52 bits per heavy atom. The minimum atomic E-state index is -0.521. The molecular formula is C16H27N3O2. The zero-order chi connectivity index (χ0) is 15.7. The number of rotatable bonds is 9. The second-order valence-corrected chi connectivity index (χ2v) is 5.05. The maximum absolute atomic E-state index is 12.0. The number of hydrogen-bond donors (Lipinski definition) is 2. The zero-order valence-corrected chi connectivity index (χ0v) is 13.5. The monoisotopic (exact) mass is 293 g/mol. The second kappa shape index (κ2) is 9.34. The molecule has 5 nitrogen and oxygen atoms in total. The number of nitrogens with one attached hydrogen (secondary N) is 2. The fraction of sp³-hybridized carbons (Fsp3) is 0.625. The molecule has 1 unspecified atom stereocenters. The van der Waals surface area contributed by atoms with E-state index in [0.29, 0.717) is 5.75 Å². The van der Waals surface area contributed by atoms with Crippen LogP contribution < -0.4 is 15.4 Å². The predicted molar refractivity (Wildman–Crippen MR) is 84.2 cm³/mol. The Labute approximate surface area is 127 Å². The summed E-state index contributed by atoms with van der Waals surface area (Å²) >= 11 is 0. The summed E-state index contributed by atoms with van der Waals surface area (Å²) in [5.74, 6) is 0.530. The number of hydrogen-bond acceptors (Lipinski definition) is 4. The van der Waals surface area contributed by atoms with E-state index in [4.69, 9.17) is 4.74 Å². The van der Waals surface area contributed by atoms with Crippen LogP contribution in [-0.2, 0) is 11.3 Å². The van der Waals surface area contributed by atoms with Crippen LogP contribution in [0.2, 0.25) is 0 Å². The van der Waals surface area contributed by atoms with Crippen molar-refractivity contribution in [3.05, 3.63) is 24.0 Å². The number of pyridine rings is 1. The van der Waals surface area contributed by atoms with Crippen LogP contribution in [0.1, 0.15) is 46.2 Å².